The normalized spacial score (nSPS) is 14.5. The second kappa shape index (κ2) is 5.83. The van der Waals surface area contributed by atoms with Crippen LogP contribution in [-0.2, 0) is 4.79 Å². The standard InChI is InChI=1S/C18H19N3O2/c1-12-10-14(19-11-13(12)2)18(23)21-9-8-17(22)20(3)15-6-4-5-7-16(15)21/h4-7,10-11H,8-9H2,1-3H3. The van der Waals surface area contributed by atoms with Crippen LogP contribution in [-0.4, -0.2) is 30.4 Å². The van der Waals surface area contributed by atoms with Crippen molar-refractivity contribution < 1.29 is 9.59 Å². The molecule has 1 aliphatic heterocycles. The molecule has 0 saturated heterocycles. The van der Waals surface area contributed by atoms with E-state index in [1.165, 1.54) is 0 Å². The molecule has 23 heavy (non-hydrogen) atoms. The average Bonchev–Trinajstić information content (AvgIpc) is 2.68. The van der Waals surface area contributed by atoms with E-state index in [9.17, 15) is 9.59 Å². The first-order chi connectivity index (χ1) is 11.0. The van der Waals surface area contributed by atoms with E-state index in [-0.39, 0.29) is 11.8 Å². The lowest BCUT2D eigenvalue weighted by molar-refractivity contribution is -0.118. The molecule has 0 unspecified atom stereocenters. The van der Waals surface area contributed by atoms with E-state index < -0.39 is 0 Å². The molecule has 2 heterocycles. The first kappa shape index (κ1) is 15.2. The minimum absolute atomic E-state index is 0.000737. The molecule has 118 valence electrons. The van der Waals surface area contributed by atoms with Crippen molar-refractivity contribution in [1.82, 2.24) is 4.98 Å². The van der Waals surface area contributed by atoms with E-state index in [1.807, 2.05) is 38.1 Å². The van der Waals surface area contributed by atoms with Crippen molar-refractivity contribution in [2.45, 2.75) is 20.3 Å². The molecule has 0 bridgehead atoms. The summed E-state index contributed by atoms with van der Waals surface area (Å²) in [5, 5.41) is 0. The minimum Gasteiger partial charge on any atom is -0.313 e. The number of nitrogens with zero attached hydrogens (tertiary/aromatic N) is 3. The molecule has 2 amide bonds. The Balaban J connectivity index is 2.04. The van der Waals surface area contributed by atoms with Gasteiger partial charge < -0.3 is 9.80 Å². The predicted octanol–water partition coefficient (Wildman–Crippen LogP) is 2.71. The van der Waals surface area contributed by atoms with Crippen molar-refractivity contribution in [3.63, 3.8) is 0 Å². The SMILES string of the molecule is Cc1cnc(C(=O)N2CCC(=O)N(C)c3ccccc32)cc1C. The lowest BCUT2D eigenvalue weighted by Crippen LogP contribution is -2.32. The topological polar surface area (TPSA) is 53.5 Å². The fraction of sp³-hybridized carbons (Fsp3) is 0.278. The van der Waals surface area contributed by atoms with E-state index >= 15 is 0 Å². The summed E-state index contributed by atoms with van der Waals surface area (Å²) in [4.78, 5) is 32.6. The molecule has 0 fully saturated rings. The third-order valence-electron chi connectivity index (χ3n) is 4.29. The fourth-order valence-electron chi connectivity index (χ4n) is 2.70. The van der Waals surface area contributed by atoms with Crippen LogP contribution in [0, 0.1) is 13.8 Å². The van der Waals surface area contributed by atoms with Gasteiger partial charge in [-0.25, -0.2) is 0 Å². The summed E-state index contributed by atoms with van der Waals surface area (Å²) >= 11 is 0. The van der Waals surface area contributed by atoms with Gasteiger partial charge in [0.15, 0.2) is 0 Å². The quantitative estimate of drug-likeness (QED) is 0.814. The third-order valence-corrected chi connectivity index (χ3v) is 4.29. The Bertz CT molecular complexity index is 786. The Labute approximate surface area is 135 Å². The van der Waals surface area contributed by atoms with E-state index in [4.69, 9.17) is 0 Å². The van der Waals surface area contributed by atoms with Crippen molar-refractivity contribution in [2.75, 3.05) is 23.4 Å². The van der Waals surface area contributed by atoms with Gasteiger partial charge in [-0.3, -0.25) is 14.6 Å². The molecule has 0 radical (unpaired) electrons. The number of para-hydroxylation sites is 2. The number of aromatic nitrogens is 1. The number of hydrogen-bond donors (Lipinski definition) is 0. The van der Waals surface area contributed by atoms with Crippen LogP contribution in [0.4, 0.5) is 11.4 Å². The van der Waals surface area contributed by atoms with Gasteiger partial charge in [0.25, 0.3) is 5.91 Å². The van der Waals surface area contributed by atoms with Crippen molar-refractivity contribution in [3.05, 3.63) is 53.3 Å². The van der Waals surface area contributed by atoms with E-state index in [0.29, 0.717) is 18.7 Å². The molecule has 3 rings (SSSR count). The van der Waals surface area contributed by atoms with Crippen molar-refractivity contribution >= 4 is 23.2 Å². The zero-order valence-electron chi connectivity index (χ0n) is 13.5. The summed E-state index contributed by atoms with van der Waals surface area (Å²) in [6, 6.07) is 9.26. The van der Waals surface area contributed by atoms with Gasteiger partial charge in [0, 0.05) is 26.2 Å². The number of amides is 2. The van der Waals surface area contributed by atoms with E-state index in [2.05, 4.69) is 4.98 Å². The molecule has 2 aromatic rings. The Morgan fingerprint density at radius 1 is 1.13 bits per heavy atom. The number of carbonyl (C=O) groups is 2. The van der Waals surface area contributed by atoms with Gasteiger partial charge in [0.1, 0.15) is 5.69 Å². The number of benzene rings is 1. The third kappa shape index (κ3) is 2.70. The van der Waals surface area contributed by atoms with Gasteiger partial charge in [-0.2, -0.15) is 0 Å². The Kier molecular flexibility index (Phi) is 3.86. The van der Waals surface area contributed by atoms with Gasteiger partial charge in [-0.15, -0.1) is 0 Å². The Hall–Kier alpha value is -2.69. The minimum atomic E-state index is -0.177. The maximum absolute atomic E-state index is 12.9. The monoisotopic (exact) mass is 309 g/mol. The van der Waals surface area contributed by atoms with Crippen LogP contribution < -0.4 is 9.80 Å². The number of rotatable bonds is 1. The van der Waals surface area contributed by atoms with Crippen LogP contribution in [0.5, 0.6) is 0 Å². The highest BCUT2D eigenvalue weighted by Crippen LogP contribution is 2.32. The largest absolute Gasteiger partial charge is 0.313 e. The summed E-state index contributed by atoms with van der Waals surface area (Å²) < 4.78 is 0. The first-order valence-corrected chi connectivity index (χ1v) is 7.59. The van der Waals surface area contributed by atoms with Crippen LogP contribution >= 0.6 is 0 Å². The smallest absolute Gasteiger partial charge is 0.276 e. The Morgan fingerprint density at radius 2 is 1.83 bits per heavy atom. The van der Waals surface area contributed by atoms with Gasteiger partial charge in [0.05, 0.1) is 11.4 Å². The second-order valence-electron chi connectivity index (χ2n) is 5.80. The van der Waals surface area contributed by atoms with Crippen molar-refractivity contribution in [2.24, 2.45) is 0 Å². The summed E-state index contributed by atoms with van der Waals surface area (Å²) in [6.45, 7) is 4.28. The zero-order valence-corrected chi connectivity index (χ0v) is 13.5. The molecule has 5 nitrogen and oxygen atoms in total. The molecule has 5 heteroatoms. The molecule has 0 aliphatic carbocycles. The summed E-state index contributed by atoms with van der Waals surface area (Å²) in [6.07, 6.45) is 2.01. The molecule has 1 aromatic heterocycles. The van der Waals surface area contributed by atoms with Gasteiger partial charge in [-0.1, -0.05) is 12.1 Å². The lowest BCUT2D eigenvalue weighted by atomic mass is 10.1. The maximum atomic E-state index is 12.9. The van der Waals surface area contributed by atoms with Crippen LogP contribution in [0.2, 0.25) is 0 Å². The number of carbonyl (C=O) groups excluding carboxylic acids is 2. The van der Waals surface area contributed by atoms with Crippen molar-refractivity contribution in [3.8, 4) is 0 Å². The number of aryl methyl sites for hydroxylation is 2. The van der Waals surface area contributed by atoms with Crippen molar-refractivity contribution in [1.29, 1.82) is 0 Å². The Morgan fingerprint density at radius 3 is 2.52 bits per heavy atom. The second-order valence-corrected chi connectivity index (χ2v) is 5.80. The van der Waals surface area contributed by atoms with Crippen LogP contribution in [0.1, 0.15) is 28.0 Å². The number of hydrogen-bond acceptors (Lipinski definition) is 3. The van der Waals surface area contributed by atoms with Crippen LogP contribution in [0.25, 0.3) is 0 Å². The highest BCUT2D eigenvalue weighted by molar-refractivity contribution is 6.10. The van der Waals surface area contributed by atoms with Gasteiger partial charge >= 0.3 is 0 Å². The fourth-order valence-corrected chi connectivity index (χ4v) is 2.70. The lowest BCUT2D eigenvalue weighted by Gasteiger charge is -2.23. The zero-order chi connectivity index (χ0) is 16.6. The summed E-state index contributed by atoms with van der Waals surface area (Å²) in [5.74, 6) is -0.176. The number of pyridine rings is 1. The van der Waals surface area contributed by atoms with E-state index in [0.717, 1.165) is 22.5 Å². The molecule has 0 atom stereocenters. The highest BCUT2D eigenvalue weighted by atomic mass is 16.2. The molecule has 0 spiro atoms. The maximum Gasteiger partial charge on any atom is 0.276 e. The molecule has 0 saturated carbocycles. The molecule has 1 aliphatic rings. The predicted molar refractivity (Wildman–Crippen MR) is 89.9 cm³/mol. The summed E-state index contributed by atoms with van der Waals surface area (Å²) in [5.41, 5.74) is 3.96. The number of anilines is 2. The van der Waals surface area contributed by atoms with Crippen LogP contribution in [0.3, 0.4) is 0 Å². The molecule has 0 N–H and O–H groups in total. The van der Waals surface area contributed by atoms with Gasteiger partial charge in [-0.05, 0) is 43.2 Å². The molecular weight excluding hydrogens is 290 g/mol. The molecular formula is C18H19N3O2. The summed E-state index contributed by atoms with van der Waals surface area (Å²) in [7, 11) is 1.74. The average molecular weight is 309 g/mol. The molecule has 1 aromatic carbocycles. The number of fused-ring (bicyclic) bond motifs is 1. The van der Waals surface area contributed by atoms with E-state index in [1.54, 1.807) is 29.1 Å². The first-order valence-electron chi connectivity index (χ1n) is 7.59. The highest BCUT2D eigenvalue weighted by Gasteiger charge is 2.28. The van der Waals surface area contributed by atoms with Crippen LogP contribution in [0.15, 0.2) is 36.5 Å². The van der Waals surface area contributed by atoms with Gasteiger partial charge in [0.2, 0.25) is 5.91 Å².